The summed E-state index contributed by atoms with van der Waals surface area (Å²) in [5.41, 5.74) is 3.97. The van der Waals surface area contributed by atoms with Crippen LogP contribution in [-0.4, -0.2) is 11.5 Å². The lowest BCUT2D eigenvalue weighted by atomic mass is 9.84. The van der Waals surface area contributed by atoms with Gasteiger partial charge in [0.2, 0.25) is 0 Å². The average molecular weight is 280 g/mol. The number of fused-ring (bicyclic) bond motifs is 1. The van der Waals surface area contributed by atoms with E-state index in [9.17, 15) is 0 Å². The van der Waals surface area contributed by atoms with Gasteiger partial charge in [-0.3, -0.25) is 4.98 Å². The smallest absolute Gasteiger partial charge is 0.0746 e. The van der Waals surface area contributed by atoms with Crippen LogP contribution >= 0.6 is 0 Å². The zero-order valence-corrected chi connectivity index (χ0v) is 13.0. The summed E-state index contributed by atoms with van der Waals surface area (Å²) in [5, 5.41) is 4.86. The normalized spacial score (nSPS) is 22.3. The summed E-state index contributed by atoms with van der Waals surface area (Å²) in [5.74, 6) is 1.50. The lowest BCUT2D eigenvalue weighted by Crippen LogP contribution is -2.26. The van der Waals surface area contributed by atoms with Crippen LogP contribution < -0.4 is 5.32 Å². The highest BCUT2D eigenvalue weighted by Gasteiger charge is 2.17. The van der Waals surface area contributed by atoms with Crippen molar-refractivity contribution >= 4 is 10.9 Å². The van der Waals surface area contributed by atoms with E-state index in [2.05, 4.69) is 54.5 Å². The van der Waals surface area contributed by atoms with E-state index < -0.39 is 0 Å². The highest BCUT2D eigenvalue weighted by Crippen LogP contribution is 2.27. The molecular formula is C19H24N2. The SMILES string of the molecule is CC1=CC(C)CC(CNCc2cccc3cccnc23)C1. The molecule has 2 nitrogen and oxygen atoms in total. The van der Waals surface area contributed by atoms with Gasteiger partial charge in [0.05, 0.1) is 5.52 Å². The van der Waals surface area contributed by atoms with Crippen LogP contribution in [0.1, 0.15) is 32.3 Å². The van der Waals surface area contributed by atoms with Crippen molar-refractivity contribution in [3.05, 3.63) is 53.7 Å². The molecule has 1 aliphatic carbocycles. The molecule has 2 heteroatoms. The molecule has 1 aromatic carbocycles. The van der Waals surface area contributed by atoms with E-state index in [0.717, 1.165) is 30.4 Å². The van der Waals surface area contributed by atoms with Gasteiger partial charge in [0, 0.05) is 18.1 Å². The summed E-state index contributed by atoms with van der Waals surface area (Å²) in [7, 11) is 0. The number of pyridine rings is 1. The second kappa shape index (κ2) is 6.40. The molecule has 2 unspecified atom stereocenters. The summed E-state index contributed by atoms with van der Waals surface area (Å²) in [6.45, 7) is 6.59. The Morgan fingerprint density at radius 1 is 1.24 bits per heavy atom. The molecule has 1 aliphatic rings. The molecule has 1 N–H and O–H groups in total. The standard InChI is InChI=1S/C19H24N2/c1-14-9-15(2)11-16(10-14)12-20-13-18-6-3-5-17-7-4-8-21-19(17)18/h3-9,14,16,20H,10-13H2,1-2H3. The number of nitrogens with one attached hydrogen (secondary N) is 1. The Morgan fingerprint density at radius 3 is 2.95 bits per heavy atom. The quantitative estimate of drug-likeness (QED) is 0.844. The molecular weight excluding hydrogens is 256 g/mol. The van der Waals surface area contributed by atoms with Crippen LogP contribution in [0.25, 0.3) is 10.9 Å². The molecule has 21 heavy (non-hydrogen) atoms. The van der Waals surface area contributed by atoms with Gasteiger partial charge in [-0.2, -0.15) is 0 Å². The van der Waals surface area contributed by atoms with Crippen molar-refractivity contribution in [2.45, 2.75) is 33.2 Å². The zero-order chi connectivity index (χ0) is 14.7. The van der Waals surface area contributed by atoms with Crippen molar-refractivity contribution in [1.29, 1.82) is 0 Å². The van der Waals surface area contributed by atoms with Crippen molar-refractivity contribution in [3.63, 3.8) is 0 Å². The molecule has 0 spiro atoms. The Balaban J connectivity index is 1.61. The van der Waals surface area contributed by atoms with Gasteiger partial charge in [-0.25, -0.2) is 0 Å². The molecule has 3 rings (SSSR count). The van der Waals surface area contributed by atoms with Crippen molar-refractivity contribution in [1.82, 2.24) is 10.3 Å². The van der Waals surface area contributed by atoms with Gasteiger partial charge in [-0.05, 0) is 49.8 Å². The lowest BCUT2D eigenvalue weighted by molar-refractivity contribution is 0.381. The number of para-hydroxylation sites is 1. The number of hydrogen-bond acceptors (Lipinski definition) is 2. The molecule has 2 atom stereocenters. The molecule has 1 aromatic heterocycles. The first kappa shape index (κ1) is 14.3. The first-order valence-corrected chi connectivity index (χ1v) is 7.93. The van der Waals surface area contributed by atoms with E-state index in [4.69, 9.17) is 0 Å². The predicted octanol–water partition coefficient (Wildman–Crippen LogP) is 4.32. The number of aromatic nitrogens is 1. The van der Waals surface area contributed by atoms with Gasteiger partial charge < -0.3 is 5.32 Å². The van der Waals surface area contributed by atoms with Gasteiger partial charge in [0.25, 0.3) is 0 Å². The molecule has 0 saturated carbocycles. The Bertz CT molecular complexity index is 640. The first-order chi connectivity index (χ1) is 10.2. The summed E-state index contributed by atoms with van der Waals surface area (Å²) >= 11 is 0. The van der Waals surface area contributed by atoms with Crippen LogP contribution in [0, 0.1) is 11.8 Å². The largest absolute Gasteiger partial charge is 0.312 e. The fourth-order valence-electron chi connectivity index (χ4n) is 3.56. The number of hydrogen-bond donors (Lipinski definition) is 1. The molecule has 0 amide bonds. The maximum atomic E-state index is 4.52. The third-order valence-corrected chi connectivity index (χ3v) is 4.35. The van der Waals surface area contributed by atoms with E-state index in [0.29, 0.717) is 0 Å². The Hall–Kier alpha value is -1.67. The summed E-state index contributed by atoms with van der Waals surface area (Å²) in [6.07, 6.45) is 6.84. The fourth-order valence-corrected chi connectivity index (χ4v) is 3.56. The minimum Gasteiger partial charge on any atom is -0.312 e. The van der Waals surface area contributed by atoms with Crippen LogP contribution in [0.3, 0.4) is 0 Å². The molecule has 1 heterocycles. The first-order valence-electron chi connectivity index (χ1n) is 7.93. The maximum absolute atomic E-state index is 4.52. The number of allylic oxidation sites excluding steroid dienone is 2. The highest BCUT2D eigenvalue weighted by molar-refractivity contribution is 5.81. The van der Waals surface area contributed by atoms with Crippen molar-refractivity contribution in [2.75, 3.05) is 6.54 Å². The zero-order valence-electron chi connectivity index (χ0n) is 13.0. The van der Waals surface area contributed by atoms with Crippen LogP contribution in [0.2, 0.25) is 0 Å². The second-order valence-corrected chi connectivity index (χ2v) is 6.42. The topological polar surface area (TPSA) is 24.9 Å². The number of nitrogens with zero attached hydrogens (tertiary/aromatic N) is 1. The van der Waals surface area contributed by atoms with E-state index in [1.54, 1.807) is 5.57 Å². The molecule has 0 saturated heterocycles. The van der Waals surface area contributed by atoms with E-state index in [-0.39, 0.29) is 0 Å². The molecule has 2 aromatic rings. The van der Waals surface area contributed by atoms with Crippen LogP contribution in [0.4, 0.5) is 0 Å². The summed E-state index contributed by atoms with van der Waals surface area (Å²) in [6, 6.07) is 10.6. The third-order valence-electron chi connectivity index (χ3n) is 4.35. The van der Waals surface area contributed by atoms with Gasteiger partial charge >= 0.3 is 0 Å². The summed E-state index contributed by atoms with van der Waals surface area (Å²) < 4.78 is 0. The molecule has 0 aliphatic heterocycles. The van der Waals surface area contributed by atoms with Crippen molar-refractivity contribution < 1.29 is 0 Å². The van der Waals surface area contributed by atoms with Gasteiger partial charge in [0.15, 0.2) is 0 Å². The third kappa shape index (κ3) is 3.51. The second-order valence-electron chi connectivity index (χ2n) is 6.42. The van der Waals surface area contributed by atoms with E-state index in [1.807, 2.05) is 12.3 Å². The maximum Gasteiger partial charge on any atom is 0.0746 e. The molecule has 110 valence electrons. The molecule has 0 bridgehead atoms. The minimum absolute atomic E-state index is 0.727. The Labute approximate surface area is 127 Å². The van der Waals surface area contributed by atoms with Crippen molar-refractivity contribution in [3.8, 4) is 0 Å². The fraction of sp³-hybridized carbons (Fsp3) is 0.421. The number of rotatable bonds is 4. The van der Waals surface area contributed by atoms with E-state index in [1.165, 1.54) is 23.8 Å². The van der Waals surface area contributed by atoms with Gasteiger partial charge in [-0.15, -0.1) is 0 Å². The number of benzene rings is 1. The minimum atomic E-state index is 0.727. The van der Waals surface area contributed by atoms with Crippen molar-refractivity contribution in [2.24, 2.45) is 11.8 Å². The average Bonchev–Trinajstić information content (AvgIpc) is 2.46. The molecule has 0 radical (unpaired) electrons. The predicted molar refractivity (Wildman–Crippen MR) is 89.1 cm³/mol. The van der Waals surface area contributed by atoms with Gasteiger partial charge in [-0.1, -0.05) is 42.8 Å². The van der Waals surface area contributed by atoms with Gasteiger partial charge in [0.1, 0.15) is 0 Å². The monoisotopic (exact) mass is 280 g/mol. The highest BCUT2D eigenvalue weighted by atomic mass is 14.9. The van der Waals surface area contributed by atoms with Crippen LogP contribution in [0.15, 0.2) is 48.2 Å². The lowest BCUT2D eigenvalue weighted by Gasteiger charge is -2.25. The van der Waals surface area contributed by atoms with E-state index >= 15 is 0 Å². The Kier molecular flexibility index (Phi) is 4.35. The Morgan fingerprint density at radius 2 is 2.10 bits per heavy atom. The summed E-state index contributed by atoms with van der Waals surface area (Å²) in [4.78, 5) is 4.52. The molecule has 0 fully saturated rings. The van der Waals surface area contributed by atoms with Crippen LogP contribution in [0.5, 0.6) is 0 Å². The van der Waals surface area contributed by atoms with Crippen LogP contribution in [-0.2, 0) is 6.54 Å².